The molecule has 0 radical (unpaired) electrons. The summed E-state index contributed by atoms with van der Waals surface area (Å²) in [6.07, 6.45) is 3.27. The first-order valence-electron chi connectivity index (χ1n) is 9.13. The zero-order valence-corrected chi connectivity index (χ0v) is 16.9. The number of ether oxygens (including phenoxy) is 2. The minimum Gasteiger partial charge on any atom is -0.485 e. The normalized spacial score (nSPS) is 15.3. The van der Waals surface area contributed by atoms with Crippen LogP contribution >= 0.6 is 23.2 Å². The Morgan fingerprint density at radius 2 is 2.03 bits per heavy atom. The SMILES string of the molecule is NC(=O)Cc1ccc(Oc2ccc3c(c2)CCC(c2ccc(Cl)cc2Cl)O3)nc1. The van der Waals surface area contributed by atoms with E-state index < -0.39 is 5.91 Å². The number of aromatic nitrogens is 1. The predicted octanol–water partition coefficient (Wildman–Crippen LogP) is 5.27. The molecule has 1 amide bonds. The number of primary amides is 1. The van der Waals surface area contributed by atoms with Crippen LogP contribution in [-0.2, 0) is 17.6 Å². The fraction of sp³-hybridized carbons (Fsp3) is 0.182. The number of carbonyl (C=O) groups is 1. The lowest BCUT2D eigenvalue weighted by Crippen LogP contribution is -2.15. The van der Waals surface area contributed by atoms with Crippen LogP contribution in [0.2, 0.25) is 10.0 Å². The third-order valence-electron chi connectivity index (χ3n) is 4.68. The van der Waals surface area contributed by atoms with Crippen LogP contribution in [0.5, 0.6) is 17.4 Å². The summed E-state index contributed by atoms with van der Waals surface area (Å²) < 4.78 is 12.0. The number of amides is 1. The molecule has 1 aliphatic rings. The number of nitrogens with two attached hydrogens (primary N) is 1. The number of hydrogen-bond donors (Lipinski definition) is 1. The van der Waals surface area contributed by atoms with E-state index >= 15 is 0 Å². The van der Waals surface area contributed by atoms with E-state index in [0.717, 1.165) is 35.3 Å². The molecule has 2 N–H and O–H groups in total. The van der Waals surface area contributed by atoms with Gasteiger partial charge in [0.15, 0.2) is 0 Å². The molecular formula is C22H18Cl2N2O3. The standard InChI is InChI=1S/C22H18Cl2N2O3/c23-15-3-5-17(18(24)11-15)20-6-2-14-10-16(4-7-19(14)29-20)28-22-8-1-13(12-26-22)9-21(25)27/h1,3-5,7-8,10-12,20H,2,6,9H2,(H2,25,27). The molecular weight excluding hydrogens is 411 g/mol. The molecule has 3 aromatic rings. The summed E-state index contributed by atoms with van der Waals surface area (Å²) in [7, 11) is 0. The van der Waals surface area contributed by atoms with E-state index in [1.54, 1.807) is 24.4 Å². The molecule has 7 heteroatoms. The van der Waals surface area contributed by atoms with Crippen LogP contribution in [0.3, 0.4) is 0 Å². The Morgan fingerprint density at radius 1 is 1.17 bits per heavy atom. The number of hydrogen-bond acceptors (Lipinski definition) is 4. The topological polar surface area (TPSA) is 74.4 Å². The molecule has 1 unspecified atom stereocenters. The molecule has 148 valence electrons. The first-order valence-corrected chi connectivity index (χ1v) is 9.89. The van der Waals surface area contributed by atoms with Crippen molar-refractivity contribution in [2.45, 2.75) is 25.4 Å². The lowest BCUT2D eigenvalue weighted by Gasteiger charge is -2.27. The molecule has 0 spiro atoms. The molecule has 0 saturated carbocycles. The highest BCUT2D eigenvalue weighted by Crippen LogP contribution is 2.39. The van der Waals surface area contributed by atoms with Crippen LogP contribution < -0.4 is 15.2 Å². The van der Waals surface area contributed by atoms with Crippen molar-refractivity contribution in [3.63, 3.8) is 0 Å². The number of fused-ring (bicyclic) bond motifs is 1. The van der Waals surface area contributed by atoms with Crippen molar-refractivity contribution < 1.29 is 14.3 Å². The fourth-order valence-electron chi connectivity index (χ4n) is 3.31. The minimum atomic E-state index is -0.395. The average molecular weight is 429 g/mol. The van der Waals surface area contributed by atoms with Crippen LogP contribution in [0.15, 0.2) is 54.7 Å². The molecule has 0 fully saturated rings. The third kappa shape index (κ3) is 4.63. The Hall–Kier alpha value is -2.76. The van der Waals surface area contributed by atoms with Crippen LogP contribution in [0.25, 0.3) is 0 Å². The molecule has 4 rings (SSSR count). The first kappa shape index (κ1) is 19.6. The van der Waals surface area contributed by atoms with Crippen LogP contribution in [-0.4, -0.2) is 10.9 Å². The lowest BCUT2D eigenvalue weighted by molar-refractivity contribution is -0.117. The third-order valence-corrected chi connectivity index (χ3v) is 5.25. The summed E-state index contributed by atoms with van der Waals surface area (Å²) in [5.41, 5.74) is 7.93. The van der Waals surface area contributed by atoms with Crippen LogP contribution in [0.4, 0.5) is 0 Å². The van der Waals surface area contributed by atoms with E-state index in [1.807, 2.05) is 30.3 Å². The van der Waals surface area contributed by atoms with Crippen molar-refractivity contribution in [3.05, 3.63) is 81.5 Å². The van der Waals surface area contributed by atoms with Gasteiger partial charge in [-0.05, 0) is 54.3 Å². The molecule has 0 saturated heterocycles. The second-order valence-electron chi connectivity index (χ2n) is 6.83. The Labute approximate surface area is 178 Å². The Kier molecular flexibility index (Phi) is 5.60. The summed E-state index contributed by atoms with van der Waals surface area (Å²) in [6.45, 7) is 0. The zero-order valence-electron chi connectivity index (χ0n) is 15.4. The average Bonchev–Trinajstić information content (AvgIpc) is 2.69. The van der Waals surface area contributed by atoms with Crippen LogP contribution in [0, 0.1) is 0 Å². The molecule has 1 atom stereocenters. The summed E-state index contributed by atoms with van der Waals surface area (Å²) in [6, 6.07) is 14.6. The van der Waals surface area contributed by atoms with Gasteiger partial charge in [0, 0.05) is 27.9 Å². The molecule has 2 aromatic carbocycles. The van der Waals surface area contributed by atoms with Crippen molar-refractivity contribution in [1.29, 1.82) is 0 Å². The monoisotopic (exact) mass is 428 g/mol. The molecule has 5 nitrogen and oxygen atoms in total. The van der Waals surface area contributed by atoms with Gasteiger partial charge in [0.05, 0.1) is 6.42 Å². The number of carbonyl (C=O) groups excluding carboxylic acids is 1. The maximum atomic E-state index is 11.0. The predicted molar refractivity (Wildman–Crippen MR) is 112 cm³/mol. The molecule has 0 bridgehead atoms. The Morgan fingerprint density at radius 3 is 2.76 bits per heavy atom. The van der Waals surface area contributed by atoms with Crippen molar-refractivity contribution in [3.8, 4) is 17.4 Å². The number of nitrogens with zero attached hydrogens (tertiary/aromatic N) is 1. The highest BCUT2D eigenvalue weighted by molar-refractivity contribution is 6.35. The Bertz CT molecular complexity index is 1050. The van der Waals surface area contributed by atoms with E-state index in [2.05, 4.69) is 4.98 Å². The second-order valence-corrected chi connectivity index (χ2v) is 7.67. The van der Waals surface area contributed by atoms with Gasteiger partial charge in [0.2, 0.25) is 11.8 Å². The van der Waals surface area contributed by atoms with Crippen molar-refractivity contribution in [2.75, 3.05) is 0 Å². The van der Waals surface area contributed by atoms with Gasteiger partial charge in [-0.3, -0.25) is 4.79 Å². The number of rotatable bonds is 5. The number of halogens is 2. The number of aryl methyl sites for hydroxylation is 1. The van der Waals surface area contributed by atoms with Crippen molar-refractivity contribution in [2.24, 2.45) is 5.73 Å². The van der Waals surface area contributed by atoms with E-state index in [0.29, 0.717) is 21.7 Å². The van der Waals surface area contributed by atoms with Gasteiger partial charge in [-0.15, -0.1) is 0 Å². The Balaban J connectivity index is 1.47. The summed E-state index contributed by atoms with van der Waals surface area (Å²) in [5.74, 6) is 1.53. The van der Waals surface area contributed by atoms with Crippen molar-refractivity contribution in [1.82, 2.24) is 4.98 Å². The quantitative estimate of drug-likeness (QED) is 0.599. The molecule has 0 aliphatic carbocycles. The van der Waals surface area contributed by atoms with E-state index in [4.69, 9.17) is 38.4 Å². The molecule has 1 aromatic heterocycles. The summed E-state index contributed by atoms with van der Waals surface area (Å²) in [5, 5.41) is 1.21. The first-order chi connectivity index (χ1) is 14.0. The van der Waals surface area contributed by atoms with Gasteiger partial charge >= 0.3 is 0 Å². The molecule has 1 aliphatic heterocycles. The van der Waals surface area contributed by atoms with E-state index in [-0.39, 0.29) is 12.5 Å². The largest absolute Gasteiger partial charge is 0.485 e. The second kappa shape index (κ2) is 8.31. The van der Waals surface area contributed by atoms with Gasteiger partial charge in [-0.2, -0.15) is 0 Å². The number of benzene rings is 2. The zero-order chi connectivity index (χ0) is 20.4. The lowest BCUT2D eigenvalue weighted by atomic mass is 9.97. The van der Waals surface area contributed by atoms with Gasteiger partial charge in [-0.25, -0.2) is 4.98 Å². The molecule has 29 heavy (non-hydrogen) atoms. The summed E-state index contributed by atoms with van der Waals surface area (Å²) >= 11 is 12.3. The van der Waals surface area contributed by atoms with Crippen LogP contribution in [0.1, 0.15) is 29.2 Å². The summed E-state index contributed by atoms with van der Waals surface area (Å²) in [4.78, 5) is 15.2. The number of pyridine rings is 1. The smallest absolute Gasteiger partial charge is 0.221 e. The van der Waals surface area contributed by atoms with E-state index in [1.165, 1.54) is 0 Å². The minimum absolute atomic E-state index is 0.112. The van der Waals surface area contributed by atoms with E-state index in [9.17, 15) is 4.79 Å². The highest BCUT2D eigenvalue weighted by atomic mass is 35.5. The van der Waals surface area contributed by atoms with Gasteiger partial charge in [-0.1, -0.05) is 35.3 Å². The van der Waals surface area contributed by atoms with Crippen molar-refractivity contribution >= 4 is 29.1 Å². The van der Waals surface area contributed by atoms with Gasteiger partial charge in [0.25, 0.3) is 0 Å². The van der Waals surface area contributed by atoms with Gasteiger partial charge < -0.3 is 15.2 Å². The fourth-order valence-corrected chi connectivity index (χ4v) is 3.84. The maximum Gasteiger partial charge on any atom is 0.221 e. The maximum absolute atomic E-state index is 11.0. The molecule has 2 heterocycles. The highest BCUT2D eigenvalue weighted by Gasteiger charge is 2.23. The van der Waals surface area contributed by atoms with Gasteiger partial charge in [0.1, 0.15) is 17.6 Å².